The van der Waals surface area contributed by atoms with Crippen LogP contribution in [-0.4, -0.2) is 20.2 Å². The highest BCUT2D eigenvalue weighted by atomic mass is 16.5. The van der Waals surface area contributed by atoms with Gasteiger partial charge in [0, 0.05) is 18.2 Å². The highest BCUT2D eigenvalue weighted by molar-refractivity contribution is 5.88. The lowest BCUT2D eigenvalue weighted by Crippen LogP contribution is -2.07. The summed E-state index contributed by atoms with van der Waals surface area (Å²) in [6, 6.07) is 13.2. The molecule has 0 N–H and O–H groups in total. The van der Waals surface area contributed by atoms with Crippen LogP contribution in [0.2, 0.25) is 0 Å². The van der Waals surface area contributed by atoms with Gasteiger partial charge in [0.15, 0.2) is 0 Å². The van der Waals surface area contributed by atoms with Gasteiger partial charge in [0.05, 0.1) is 13.7 Å². The number of hydrogen-bond donors (Lipinski definition) is 0. The summed E-state index contributed by atoms with van der Waals surface area (Å²) in [7, 11) is 3.29. The minimum atomic E-state index is -0.426. The van der Waals surface area contributed by atoms with Crippen molar-refractivity contribution in [1.82, 2.24) is 0 Å². The topological polar surface area (TPSA) is 44.8 Å². The van der Waals surface area contributed by atoms with E-state index in [1.807, 2.05) is 30.3 Å². The molecule has 0 radical (unpaired) electrons. The first-order valence-corrected chi connectivity index (χ1v) is 7.19. The van der Waals surface area contributed by atoms with Gasteiger partial charge < -0.3 is 14.2 Å². The molecule has 2 aromatic carbocycles. The summed E-state index contributed by atoms with van der Waals surface area (Å²) in [5.41, 5.74) is 3.40. The maximum atomic E-state index is 11.5. The summed E-state index contributed by atoms with van der Waals surface area (Å²) in [6.45, 7) is 5.66. The predicted octanol–water partition coefficient (Wildman–Crippen LogP) is 3.99. The van der Waals surface area contributed by atoms with Crippen LogP contribution < -0.4 is 9.47 Å². The van der Waals surface area contributed by atoms with Gasteiger partial charge in [-0.2, -0.15) is 0 Å². The minimum Gasteiger partial charge on any atom is -0.496 e. The van der Waals surface area contributed by atoms with E-state index in [-0.39, 0.29) is 0 Å². The summed E-state index contributed by atoms with van der Waals surface area (Å²) in [6.07, 6.45) is 0. The van der Waals surface area contributed by atoms with Crippen LogP contribution in [0.1, 0.15) is 12.5 Å². The number of hydrogen-bond acceptors (Lipinski definition) is 4. The number of benzene rings is 2. The lowest BCUT2D eigenvalue weighted by molar-refractivity contribution is -0.130. The monoisotopic (exact) mass is 312 g/mol. The van der Waals surface area contributed by atoms with E-state index in [2.05, 4.69) is 6.58 Å². The molecule has 23 heavy (non-hydrogen) atoms. The summed E-state index contributed by atoms with van der Waals surface area (Å²) >= 11 is 0. The van der Waals surface area contributed by atoms with E-state index in [0.717, 1.165) is 22.4 Å². The third-order valence-electron chi connectivity index (χ3n) is 3.33. The Hall–Kier alpha value is -2.59. The smallest absolute Gasteiger partial charge is 0.338 e. The van der Waals surface area contributed by atoms with Crippen molar-refractivity contribution >= 4 is 5.97 Å². The third kappa shape index (κ3) is 4.20. The standard InChI is InChI=1S/C19H20O4/c1-13(2)19(20)23-17-8-5-14(6-9-17)15-7-10-18(22-4)16(11-15)12-21-3/h5-11H,1,12H2,2-4H3. The molecule has 0 spiro atoms. The van der Waals surface area contributed by atoms with Gasteiger partial charge in [0.25, 0.3) is 0 Å². The van der Waals surface area contributed by atoms with Crippen LogP contribution in [0.4, 0.5) is 0 Å². The molecule has 120 valence electrons. The van der Waals surface area contributed by atoms with Crippen LogP contribution in [0.15, 0.2) is 54.6 Å². The Morgan fingerprint density at radius 2 is 1.70 bits per heavy atom. The third-order valence-corrected chi connectivity index (χ3v) is 3.33. The zero-order valence-corrected chi connectivity index (χ0v) is 13.6. The molecule has 0 saturated carbocycles. The van der Waals surface area contributed by atoms with E-state index >= 15 is 0 Å². The van der Waals surface area contributed by atoms with E-state index < -0.39 is 5.97 Å². The maximum absolute atomic E-state index is 11.5. The molecule has 0 aliphatic carbocycles. The molecular weight excluding hydrogens is 292 g/mol. The number of ether oxygens (including phenoxy) is 3. The number of rotatable bonds is 6. The molecular formula is C19H20O4. The van der Waals surface area contributed by atoms with Gasteiger partial charge in [0.2, 0.25) is 0 Å². The summed E-state index contributed by atoms with van der Waals surface area (Å²) < 4.78 is 15.7. The van der Waals surface area contributed by atoms with E-state index in [9.17, 15) is 4.79 Å². The van der Waals surface area contributed by atoms with Crippen LogP contribution in [0.5, 0.6) is 11.5 Å². The number of esters is 1. The molecule has 0 atom stereocenters. The van der Waals surface area contributed by atoms with Crippen molar-refractivity contribution < 1.29 is 19.0 Å². The molecule has 0 saturated heterocycles. The highest BCUT2D eigenvalue weighted by Gasteiger charge is 2.08. The second-order valence-corrected chi connectivity index (χ2v) is 5.15. The molecule has 0 unspecified atom stereocenters. The van der Waals surface area contributed by atoms with E-state index in [4.69, 9.17) is 14.2 Å². The average molecular weight is 312 g/mol. The fourth-order valence-electron chi connectivity index (χ4n) is 2.14. The van der Waals surface area contributed by atoms with Crippen LogP contribution in [0.25, 0.3) is 11.1 Å². The molecule has 2 rings (SSSR count). The van der Waals surface area contributed by atoms with Crippen molar-refractivity contribution in [3.8, 4) is 22.6 Å². The highest BCUT2D eigenvalue weighted by Crippen LogP contribution is 2.28. The first-order chi connectivity index (χ1) is 11.0. The van der Waals surface area contributed by atoms with Gasteiger partial charge >= 0.3 is 5.97 Å². The molecule has 0 fully saturated rings. The second kappa shape index (κ2) is 7.61. The van der Waals surface area contributed by atoms with E-state index in [1.165, 1.54) is 0 Å². The fourth-order valence-corrected chi connectivity index (χ4v) is 2.14. The second-order valence-electron chi connectivity index (χ2n) is 5.15. The summed E-state index contributed by atoms with van der Waals surface area (Å²) in [5, 5.41) is 0. The van der Waals surface area contributed by atoms with E-state index in [0.29, 0.717) is 17.9 Å². The molecule has 0 aliphatic heterocycles. The Bertz CT molecular complexity index is 702. The molecule has 4 nitrogen and oxygen atoms in total. The Balaban J connectivity index is 2.23. The van der Waals surface area contributed by atoms with Crippen molar-refractivity contribution in [2.75, 3.05) is 14.2 Å². The zero-order valence-electron chi connectivity index (χ0n) is 13.6. The first kappa shape index (κ1) is 16.8. The fraction of sp³-hybridized carbons (Fsp3) is 0.211. The Kier molecular flexibility index (Phi) is 5.55. The quantitative estimate of drug-likeness (QED) is 0.459. The molecule has 0 bridgehead atoms. The maximum Gasteiger partial charge on any atom is 0.338 e. The van der Waals surface area contributed by atoms with Gasteiger partial charge in [-0.15, -0.1) is 0 Å². The Labute approximate surface area is 136 Å². The van der Waals surface area contributed by atoms with Crippen LogP contribution in [0, 0.1) is 0 Å². The van der Waals surface area contributed by atoms with Gasteiger partial charge in [-0.05, 0) is 42.3 Å². The number of carbonyl (C=O) groups is 1. The zero-order chi connectivity index (χ0) is 16.8. The van der Waals surface area contributed by atoms with Crippen molar-refractivity contribution in [2.45, 2.75) is 13.5 Å². The number of methoxy groups -OCH3 is 2. The average Bonchev–Trinajstić information content (AvgIpc) is 2.55. The Morgan fingerprint density at radius 1 is 1.04 bits per heavy atom. The summed E-state index contributed by atoms with van der Waals surface area (Å²) in [4.78, 5) is 11.5. The first-order valence-electron chi connectivity index (χ1n) is 7.19. The van der Waals surface area contributed by atoms with Crippen LogP contribution in [-0.2, 0) is 16.1 Å². The van der Waals surface area contributed by atoms with Crippen molar-refractivity contribution in [1.29, 1.82) is 0 Å². The van der Waals surface area contributed by atoms with Gasteiger partial charge in [-0.25, -0.2) is 4.79 Å². The minimum absolute atomic E-state index is 0.369. The summed E-state index contributed by atoms with van der Waals surface area (Å²) in [5.74, 6) is 0.861. The van der Waals surface area contributed by atoms with Crippen molar-refractivity contribution in [3.63, 3.8) is 0 Å². The largest absolute Gasteiger partial charge is 0.496 e. The van der Waals surface area contributed by atoms with Gasteiger partial charge in [-0.3, -0.25) is 0 Å². The predicted molar refractivity (Wildman–Crippen MR) is 89.6 cm³/mol. The normalized spacial score (nSPS) is 10.2. The molecule has 2 aromatic rings. The van der Waals surface area contributed by atoms with Crippen molar-refractivity contribution in [2.24, 2.45) is 0 Å². The van der Waals surface area contributed by atoms with Crippen LogP contribution >= 0.6 is 0 Å². The van der Waals surface area contributed by atoms with E-state index in [1.54, 1.807) is 33.3 Å². The SMILES string of the molecule is C=C(C)C(=O)Oc1ccc(-c2ccc(OC)c(COC)c2)cc1. The molecule has 4 heteroatoms. The molecule has 0 heterocycles. The molecule has 0 aromatic heterocycles. The lowest BCUT2D eigenvalue weighted by Gasteiger charge is -2.11. The lowest BCUT2D eigenvalue weighted by atomic mass is 10.0. The van der Waals surface area contributed by atoms with Crippen LogP contribution in [0.3, 0.4) is 0 Å². The molecule has 0 amide bonds. The van der Waals surface area contributed by atoms with Gasteiger partial charge in [0.1, 0.15) is 11.5 Å². The Morgan fingerprint density at radius 3 is 2.26 bits per heavy atom. The number of carbonyl (C=O) groups excluding carboxylic acids is 1. The molecule has 0 aliphatic rings. The van der Waals surface area contributed by atoms with Gasteiger partial charge in [-0.1, -0.05) is 24.8 Å². The van der Waals surface area contributed by atoms with Crippen molar-refractivity contribution in [3.05, 3.63) is 60.2 Å².